The number of pyridine rings is 1. The lowest BCUT2D eigenvalue weighted by atomic mass is 10.2. The summed E-state index contributed by atoms with van der Waals surface area (Å²) in [5, 5.41) is 1.12. The highest BCUT2D eigenvalue weighted by atomic mass is 32.1. The molecule has 0 aliphatic carbocycles. The van der Waals surface area contributed by atoms with Gasteiger partial charge in [-0.1, -0.05) is 29.5 Å². The molecule has 0 amide bonds. The van der Waals surface area contributed by atoms with Gasteiger partial charge in [0.15, 0.2) is 5.13 Å². The number of thiazole rings is 1. The van der Waals surface area contributed by atoms with Crippen LogP contribution in [0.15, 0.2) is 48.8 Å². The summed E-state index contributed by atoms with van der Waals surface area (Å²) in [6.45, 7) is 4.11. The van der Waals surface area contributed by atoms with Gasteiger partial charge >= 0.3 is 0 Å². The van der Waals surface area contributed by atoms with Crippen LogP contribution in [0.5, 0.6) is 0 Å². The number of hydrogen-bond donors (Lipinski definition) is 0. The molecule has 106 valence electrons. The molecule has 1 aromatic carbocycles. The van der Waals surface area contributed by atoms with Gasteiger partial charge in [-0.3, -0.25) is 4.98 Å². The predicted octanol–water partition coefficient (Wildman–Crippen LogP) is 3.02. The highest BCUT2D eigenvalue weighted by Gasteiger charge is 2.19. The molecule has 0 unspecified atom stereocenters. The maximum atomic E-state index is 4.70. The monoisotopic (exact) mass is 296 g/mol. The van der Waals surface area contributed by atoms with Gasteiger partial charge in [-0.05, 0) is 18.2 Å². The second-order valence-electron chi connectivity index (χ2n) is 5.15. The first-order valence-electron chi connectivity index (χ1n) is 7.16. The molecular weight excluding hydrogens is 280 g/mol. The Morgan fingerprint density at radius 2 is 1.67 bits per heavy atom. The van der Waals surface area contributed by atoms with E-state index in [-0.39, 0.29) is 0 Å². The van der Waals surface area contributed by atoms with Crippen molar-refractivity contribution in [2.75, 3.05) is 36.0 Å². The van der Waals surface area contributed by atoms with E-state index in [1.54, 1.807) is 11.3 Å². The average Bonchev–Trinajstić information content (AvgIpc) is 3.00. The van der Waals surface area contributed by atoms with Crippen LogP contribution in [-0.4, -0.2) is 36.1 Å². The fraction of sp³-hybridized carbons (Fsp3) is 0.250. The predicted molar refractivity (Wildman–Crippen MR) is 88.3 cm³/mol. The van der Waals surface area contributed by atoms with E-state index < -0.39 is 0 Å². The Kier molecular flexibility index (Phi) is 3.20. The van der Waals surface area contributed by atoms with Crippen LogP contribution in [-0.2, 0) is 0 Å². The number of aromatic nitrogens is 2. The van der Waals surface area contributed by atoms with Crippen molar-refractivity contribution in [2.24, 2.45) is 0 Å². The number of benzene rings is 1. The molecule has 0 spiro atoms. The lowest BCUT2D eigenvalue weighted by Gasteiger charge is -2.35. The number of anilines is 2. The molecule has 1 fully saturated rings. The Balaban J connectivity index is 1.50. The quantitative estimate of drug-likeness (QED) is 0.727. The average molecular weight is 296 g/mol. The Morgan fingerprint density at radius 1 is 0.905 bits per heavy atom. The van der Waals surface area contributed by atoms with E-state index in [0.29, 0.717) is 0 Å². The van der Waals surface area contributed by atoms with Crippen LogP contribution < -0.4 is 9.80 Å². The summed E-state index contributed by atoms with van der Waals surface area (Å²) in [7, 11) is 0. The molecule has 4 rings (SSSR count). The standard InChI is InChI=1S/C16H16N4S/c1-2-4-13(5-3-1)19-8-10-20(11-9-19)16-18-14-12-17-7-6-15(14)21-16/h1-7,12H,8-11H2. The van der Waals surface area contributed by atoms with Crippen LogP contribution in [0.1, 0.15) is 0 Å². The first-order chi connectivity index (χ1) is 10.4. The largest absolute Gasteiger partial charge is 0.368 e. The maximum Gasteiger partial charge on any atom is 0.186 e. The fourth-order valence-corrected chi connectivity index (χ4v) is 3.68. The summed E-state index contributed by atoms with van der Waals surface area (Å²) in [6, 6.07) is 12.7. The van der Waals surface area contributed by atoms with Gasteiger partial charge in [0.2, 0.25) is 0 Å². The van der Waals surface area contributed by atoms with Crippen molar-refractivity contribution in [2.45, 2.75) is 0 Å². The molecule has 5 heteroatoms. The molecule has 1 aliphatic rings. The van der Waals surface area contributed by atoms with Crippen molar-refractivity contribution in [1.82, 2.24) is 9.97 Å². The minimum absolute atomic E-state index is 1.00. The zero-order valence-corrected chi connectivity index (χ0v) is 12.5. The second-order valence-corrected chi connectivity index (χ2v) is 6.16. The van der Waals surface area contributed by atoms with Gasteiger partial charge in [0.05, 0.1) is 10.9 Å². The molecule has 4 nitrogen and oxygen atoms in total. The lowest BCUT2D eigenvalue weighted by molar-refractivity contribution is 0.652. The topological polar surface area (TPSA) is 32.3 Å². The fourth-order valence-electron chi connectivity index (χ4n) is 2.70. The second kappa shape index (κ2) is 5.33. The van der Waals surface area contributed by atoms with Gasteiger partial charge < -0.3 is 9.80 Å². The van der Waals surface area contributed by atoms with Crippen molar-refractivity contribution in [3.8, 4) is 0 Å². The van der Waals surface area contributed by atoms with Gasteiger partial charge in [0.1, 0.15) is 5.52 Å². The zero-order valence-electron chi connectivity index (χ0n) is 11.6. The summed E-state index contributed by atoms with van der Waals surface area (Å²) in [4.78, 5) is 13.7. The SMILES string of the molecule is c1ccc(N2CCN(c3nc4cnccc4s3)CC2)cc1. The molecule has 0 saturated carbocycles. The first-order valence-corrected chi connectivity index (χ1v) is 7.97. The Bertz CT molecular complexity index is 699. The third-order valence-corrected chi connectivity index (χ3v) is 4.95. The van der Waals surface area contributed by atoms with Crippen molar-refractivity contribution in [3.05, 3.63) is 48.8 Å². The van der Waals surface area contributed by atoms with Crippen LogP contribution in [0.2, 0.25) is 0 Å². The normalized spacial score (nSPS) is 15.6. The van der Waals surface area contributed by atoms with Crippen LogP contribution >= 0.6 is 11.3 Å². The van der Waals surface area contributed by atoms with Gasteiger partial charge in [-0.25, -0.2) is 4.98 Å². The molecule has 1 saturated heterocycles. The third-order valence-electron chi connectivity index (χ3n) is 3.85. The molecular formula is C16H16N4S. The number of nitrogens with zero attached hydrogens (tertiary/aromatic N) is 4. The van der Waals surface area contributed by atoms with Crippen LogP contribution in [0.3, 0.4) is 0 Å². The van der Waals surface area contributed by atoms with Crippen molar-refractivity contribution in [3.63, 3.8) is 0 Å². The molecule has 3 aromatic rings. The van der Waals surface area contributed by atoms with Gasteiger partial charge in [0.25, 0.3) is 0 Å². The lowest BCUT2D eigenvalue weighted by Crippen LogP contribution is -2.46. The third kappa shape index (κ3) is 2.45. The van der Waals surface area contributed by atoms with E-state index in [1.807, 2.05) is 18.5 Å². The summed E-state index contributed by atoms with van der Waals surface area (Å²) < 4.78 is 1.21. The number of para-hydroxylation sites is 1. The van der Waals surface area contributed by atoms with Crippen molar-refractivity contribution < 1.29 is 0 Å². The van der Waals surface area contributed by atoms with E-state index in [1.165, 1.54) is 10.4 Å². The summed E-state index contributed by atoms with van der Waals surface area (Å²) in [5.74, 6) is 0. The first kappa shape index (κ1) is 12.6. The van der Waals surface area contributed by atoms with Crippen LogP contribution in [0, 0.1) is 0 Å². The summed E-state index contributed by atoms with van der Waals surface area (Å²) in [6.07, 6.45) is 3.67. The molecule has 2 aromatic heterocycles. The molecule has 21 heavy (non-hydrogen) atoms. The van der Waals surface area contributed by atoms with E-state index in [4.69, 9.17) is 4.98 Å². The minimum atomic E-state index is 1.00. The molecule has 3 heterocycles. The van der Waals surface area contributed by atoms with E-state index >= 15 is 0 Å². The molecule has 1 aliphatic heterocycles. The molecule has 0 atom stereocenters. The number of piperazine rings is 1. The Morgan fingerprint density at radius 3 is 2.43 bits per heavy atom. The minimum Gasteiger partial charge on any atom is -0.368 e. The highest BCUT2D eigenvalue weighted by Crippen LogP contribution is 2.29. The number of fused-ring (bicyclic) bond motifs is 1. The molecule has 0 radical (unpaired) electrons. The number of rotatable bonds is 2. The Labute approximate surface area is 127 Å². The molecule has 0 bridgehead atoms. The van der Waals surface area contributed by atoms with Gasteiger partial charge in [-0.2, -0.15) is 0 Å². The maximum absolute atomic E-state index is 4.70. The Hall–Kier alpha value is -2.14. The van der Waals surface area contributed by atoms with Crippen LogP contribution in [0.4, 0.5) is 10.8 Å². The van der Waals surface area contributed by atoms with E-state index in [0.717, 1.165) is 36.8 Å². The van der Waals surface area contributed by atoms with Crippen LogP contribution in [0.25, 0.3) is 10.2 Å². The van der Waals surface area contributed by atoms with Crippen molar-refractivity contribution in [1.29, 1.82) is 0 Å². The van der Waals surface area contributed by atoms with E-state index in [2.05, 4.69) is 45.1 Å². The van der Waals surface area contributed by atoms with Gasteiger partial charge in [-0.15, -0.1) is 0 Å². The summed E-state index contributed by atoms with van der Waals surface area (Å²) >= 11 is 1.76. The highest BCUT2D eigenvalue weighted by molar-refractivity contribution is 7.22. The summed E-state index contributed by atoms with van der Waals surface area (Å²) in [5.41, 5.74) is 2.31. The zero-order chi connectivity index (χ0) is 14.1. The number of hydrogen-bond acceptors (Lipinski definition) is 5. The van der Waals surface area contributed by atoms with Crippen molar-refractivity contribution >= 4 is 32.4 Å². The van der Waals surface area contributed by atoms with Gasteiger partial charge in [0, 0.05) is 38.1 Å². The smallest absolute Gasteiger partial charge is 0.186 e. The molecule has 0 N–H and O–H groups in total. The van der Waals surface area contributed by atoms with E-state index in [9.17, 15) is 0 Å².